The van der Waals surface area contributed by atoms with E-state index >= 15 is 0 Å². The summed E-state index contributed by atoms with van der Waals surface area (Å²) in [5.41, 5.74) is -0.140. The fourth-order valence-corrected chi connectivity index (χ4v) is 3.95. The number of carbonyl (C=O) groups excluding carboxylic acids is 1. The van der Waals surface area contributed by atoms with Crippen LogP contribution in [0.15, 0.2) is 24.4 Å². The highest BCUT2D eigenvalue weighted by Crippen LogP contribution is 2.78. The zero-order chi connectivity index (χ0) is 16.5. The van der Waals surface area contributed by atoms with Gasteiger partial charge in [-0.2, -0.15) is 5.26 Å². The minimum absolute atomic E-state index is 0.00296. The first-order valence-electron chi connectivity index (χ1n) is 8.39. The Morgan fingerprint density at radius 1 is 1.29 bits per heavy atom. The number of hydrogen-bond acceptors (Lipinski definition) is 3. The molecule has 1 aromatic carbocycles. The van der Waals surface area contributed by atoms with Crippen LogP contribution >= 0.6 is 0 Å². The first-order chi connectivity index (χ1) is 11.6. The number of amides is 1. The summed E-state index contributed by atoms with van der Waals surface area (Å²) in [4.78, 5) is 16.1. The van der Waals surface area contributed by atoms with Crippen molar-refractivity contribution < 1.29 is 9.18 Å². The van der Waals surface area contributed by atoms with E-state index in [2.05, 4.69) is 16.4 Å². The van der Waals surface area contributed by atoms with Gasteiger partial charge in [-0.1, -0.05) is 0 Å². The molecule has 3 aliphatic rings. The number of hydrogen-bond donors (Lipinski definition) is 1. The van der Waals surface area contributed by atoms with Crippen molar-refractivity contribution in [1.82, 2.24) is 4.98 Å². The van der Waals surface area contributed by atoms with Crippen LogP contribution < -0.4 is 5.32 Å². The van der Waals surface area contributed by atoms with Gasteiger partial charge >= 0.3 is 0 Å². The van der Waals surface area contributed by atoms with Gasteiger partial charge in [-0.25, -0.2) is 9.37 Å². The molecule has 1 heterocycles. The highest BCUT2D eigenvalue weighted by Gasteiger charge is 2.76. The predicted octanol–water partition coefficient (Wildman–Crippen LogP) is 3.67. The van der Waals surface area contributed by atoms with Crippen molar-refractivity contribution in [3.63, 3.8) is 0 Å². The number of halogens is 1. The predicted molar refractivity (Wildman–Crippen MR) is 86.6 cm³/mol. The normalized spacial score (nSPS) is 26.2. The van der Waals surface area contributed by atoms with Gasteiger partial charge in [0.1, 0.15) is 11.6 Å². The lowest BCUT2D eigenvalue weighted by molar-refractivity contribution is -0.117. The van der Waals surface area contributed by atoms with Crippen LogP contribution in [0.2, 0.25) is 0 Å². The number of anilines is 1. The van der Waals surface area contributed by atoms with Gasteiger partial charge in [-0.3, -0.25) is 4.79 Å². The lowest BCUT2D eigenvalue weighted by Crippen LogP contribution is -2.14. The molecular weight excluding hydrogens is 305 g/mol. The van der Waals surface area contributed by atoms with E-state index in [0.717, 1.165) is 37.5 Å². The maximum absolute atomic E-state index is 14.6. The topological polar surface area (TPSA) is 65.8 Å². The largest absolute Gasteiger partial charge is 0.310 e. The van der Waals surface area contributed by atoms with E-state index in [1.807, 2.05) is 0 Å². The third-order valence-corrected chi connectivity index (χ3v) is 5.90. The molecule has 4 nitrogen and oxygen atoms in total. The molecule has 3 saturated carbocycles. The Balaban J connectivity index is 1.56. The Morgan fingerprint density at radius 3 is 2.71 bits per heavy atom. The molecule has 1 N–H and O–H groups in total. The van der Waals surface area contributed by atoms with Crippen LogP contribution in [-0.4, -0.2) is 10.9 Å². The number of fused-ring (bicyclic) bond motifs is 1. The maximum Gasteiger partial charge on any atom is 0.228 e. The molecule has 0 radical (unpaired) electrons. The van der Waals surface area contributed by atoms with Gasteiger partial charge in [0.2, 0.25) is 5.91 Å². The monoisotopic (exact) mass is 321 g/mol. The van der Waals surface area contributed by atoms with Gasteiger partial charge in [-0.15, -0.1) is 0 Å². The SMILES string of the molecule is N#CC1(c2cc3cc(NC(=O)C4CC4)ncc3cc2F)CC12CC2. The molecule has 0 aliphatic heterocycles. The fourth-order valence-electron chi connectivity index (χ4n) is 3.95. The molecule has 1 amide bonds. The van der Waals surface area contributed by atoms with E-state index in [1.54, 1.807) is 18.3 Å². The van der Waals surface area contributed by atoms with Crippen LogP contribution in [0.25, 0.3) is 10.8 Å². The van der Waals surface area contributed by atoms with Gasteiger partial charge in [0, 0.05) is 23.1 Å². The number of nitrogens with zero attached hydrogens (tertiary/aromatic N) is 2. The van der Waals surface area contributed by atoms with Gasteiger partial charge in [-0.05, 0) is 61.1 Å². The molecule has 0 saturated heterocycles. The summed E-state index contributed by atoms with van der Waals surface area (Å²) in [5, 5.41) is 13.9. The van der Waals surface area contributed by atoms with E-state index in [1.165, 1.54) is 6.07 Å². The number of nitrogens with one attached hydrogen (secondary N) is 1. The number of pyridine rings is 1. The first kappa shape index (κ1) is 13.9. The van der Waals surface area contributed by atoms with Crippen LogP contribution in [0.1, 0.15) is 37.7 Å². The van der Waals surface area contributed by atoms with Crippen molar-refractivity contribution in [3.8, 4) is 6.07 Å². The van der Waals surface area contributed by atoms with Gasteiger partial charge in [0.25, 0.3) is 0 Å². The molecule has 3 fully saturated rings. The maximum atomic E-state index is 14.6. The van der Waals surface area contributed by atoms with E-state index < -0.39 is 5.41 Å². The summed E-state index contributed by atoms with van der Waals surface area (Å²) in [6.07, 6.45) is 6.22. The average Bonchev–Trinajstić information content (AvgIpc) is 3.45. The molecule has 5 heteroatoms. The molecule has 1 unspecified atom stereocenters. The molecule has 1 spiro atoms. The van der Waals surface area contributed by atoms with Crippen molar-refractivity contribution in [1.29, 1.82) is 5.26 Å². The number of carbonyl (C=O) groups is 1. The zero-order valence-corrected chi connectivity index (χ0v) is 13.1. The van der Waals surface area contributed by atoms with E-state index in [-0.39, 0.29) is 23.1 Å². The second kappa shape index (κ2) is 4.32. The molecule has 0 bridgehead atoms. The summed E-state index contributed by atoms with van der Waals surface area (Å²) in [7, 11) is 0. The second-order valence-electron chi connectivity index (χ2n) is 7.49. The summed E-state index contributed by atoms with van der Waals surface area (Å²) < 4.78 is 14.6. The quantitative estimate of drug-likeness (QED) is 0.938. The Labute approximate surface area is 138 Å². The van der Waals surface area contributed by atoms with Crippen molar-refractivity contribution in [2.45, 2.75) is 37.5 Å². The van der Waals surface area contributed by atoms with E-state index in [0.29, 0.717) is 16.8 Å². The zero-order valence-electron chi connectivity index (χ0n) is 13.1. The Morgan fingerprint density at radius 2 is 2.08 bits per heavy atom. The van der Waals surface area contributed by atoms with Crippen molar-refractivity contribution in [3.05, 3.63) is 35.8 Å². The van der Waals surface area contributed by atoms with Crippen LogP contribution in [0, 0.1) is 28.5 Å². The Hall–Kier alpha value is -2.48. The van der Waals surface area contributed by atoms with Crippen molar-refractivity contribution >= 4 is 22.5 Å². The van der Waals surface area contributed by atoms with E-state index in [4.69, 9.17) is 0 Å². The van der Waals surface area contributed by atoms with E-state index in [9.17, 15) is 14.4 Å². The van der Waals surface area contributed by atoms with Gasteiger partial charge in [0.05, 0.1) is 11.5 Å². The lowest BCUT2D eigenvalue weighted by Gasteiger charge is -2.12. The summed E-state index contributed by atoms with van der Waals surface area (Å²) in [6.45, 7) is 0. The molecular formula is C19H16FN3O. The number of aromatic nitrogens is 1. The smallest absolute Gasteiger partial charge is 0.228 e. The molecule has 2 aromatic rings. The molecule has 1 atom stereocenters. The van der Waals surface area contributed by atoms with Crippen LogP contribution in [0.5, 0.6) is 0 Å². The molecule has 5 rings (SSSR count). The van der Waals surface area contributed by atoms with Crippen molar-refractivity contribution in [2.75, 3.05) is 5.32 Å². The van der Waals surface area contributed by atoms with Crippen LogP contribution in [-0.2, 0) is 10.2 Å². The Bertz CT molecular complexity index is 940. The third-order valence-electron chi connectivity index (χ3n) is 5.90. The fraction of sp³-hybridized carbons (Fsp3) is 0.421. The molecule has 120 valence electrons. The average molecular weight is 321 g/mol. The Kier molecular flexibility index (Phi) is 2.51. The van der Waals surface area contributed by atoms with Crippen molar-refractivity contribution in [2.24, 2.45) is 11.3 Å². The first-order valence-corrected chi connectivity index (χ1v) is 8.39. The van der Waals surface area contributed by atoms with Crippen LogP contribution in [0.4, 0.5) is 10.2 Å². The minimum atomic E-state index is -0.661. The molecule has 1 aromatic heterocycles. The second-order valence-corrected chi connectivity index (χ2v) is 7.49. The summed E-state index contributed by atoms with van der Waals surface area (Å²) >= 11 is 0. The molecule has 24 heavy (non-hydrogen) atoms. The number of nitriles is 1. The van der Waals surface area contributed by atoms with Gasteiger partial charge < -0.3 is 5.32 Å². The third kappa shape index (κ3) is 1.83. The standard InChI is InChI=1S/C19H16FN3O/c20-15-6-13-8-22-16(23-17(24)11-1-2-11)7-12(13)5-14(15)19(10-21)9-18(19)3-4-18/h5-8,11H,1-4,9H2,(H,22,23,24). The number of rotatable bonds is 3. The highest BCUT2D eigenvalue weighted by molar-refractivity contribution is 5.95. The number of benzene rings is 1. The highest BCUT2D eigenvalue weighted by atomic mass is 19.1. The van der Waals surface area contributed by atoms with Gasteiger partial charge in [0.15, 0.2) is 0 Å². The lowest BCUT2D eigenvalue weighted by atomic mass is 9.91. The summed E-state index contributed by atoms with van der Waals surface area (Å²) in [5.74, 6) is 0.260. The molecule has 3 aliphatic carbocycles. The minimum Gasteiger partial charge on any atom is -0.310 e. The van der Waals surface area contributed by atoms with Crippen LogP contribution in [0.3, 0.4) is 0 Å². The summed E-state index contributed by atoms with van der Waals surface area (Å²) in [6, 6.07) is 7.37.